The van der Waals surface area contributed by atoms with Crippen molar-refractivity contribution in [3.05, 3.63) is 29.8 Å². The van der Waals surface area contributed by atoms with E-state index in [9.17, 15) is 4.79 Å². The van der Waals surface area contributed by atoms with Crippen LogP contribution in [0.4, 0.5) is 0 Å². The van der Waals surface area contributed by atoms with Gasteiger partial charge in [0.1, 0.15) is 0 Å². The molecule has 1 heterocycles. The molecule has 0 radical (unpaired) electrons. The number of carbonyl (C=O) groups excluding carboxylic acids is 1. The molecule has 1 atom stereocenters. The molecule has 2 rings (SSSR count). The van der Waals surface area contributed by atoms with Gasteiger partial charge in [0.2, 0.25) is 5.91 Å². The van der Waals surface area contributed by atoms with Gasteiger partial charge in [-0.05, 0) is 49.8 Å². The lowest BCUT2D eigenvalue weighted by Gasteiger charge is -2.26. The summed E-state index contributed by atoms with van der Waals surface area (Å²) in [6, 6.07) is 8.34. The van der Waals surface area contributed by atoms with E-state index in [1.807, 2.05) is 0 Å². The maximum absolute atomic E-state index is 12.3. The Labute approximate surface area is 131 Å². The van der Waals surface area contributed by atoms with Crippen molar-refractivity contribution in [1.82, 2.24) is 10.6 Å². The second-order valence-electron chi connectivity index (χ2n) is 5.00. The molecule has 5 heteroatoms. The van der Waals surface area contributed by atoms with Gasteiger partial charge in [0.05, 0.1) is 5.54 Å². The molecule has 1 aliphatic heterocycles. The molecule has 0 bridgehead atoms. The van der Waals surface area contributed by atoms with Crippen molar-refractivity contribution in [1.29, 1.82) is 0 Å². The molecule has 1 aromatic rings. The Kier molecular flexibility index (Phi) is 6.86. The van der Waals surface area contributed by atoms with Gasteiger partial charge in [-0.2, -0.15) is 0 Å². The number of amides is 1. The molecular formula is C15H23ClN2OS. The minimum atomic E-state index is -0.334. The van der Waals surface area contributed by atoms with Crippen LogP contribution in [0.1, 0.15) is 31.7 Å². The first-order valence-corrected chi connectivity index (χ1v) is 8.09. The number of thioether (sulfide) groups is 1. The summed E-state index contributed by atoms with van der Waals surface area (Å²) >= 11 is 1.73. The summed E-state index contributed by atoms with van der Waals surface area (Å²) in [4.78, 5) is 13.6. The predicted octanol–water partition coefficient (Wildman–Crippen LogP) is 2.98. The third-order valence-electron chi connectivity index (χ3n) is 3.89. The van der Waals surface area contributed by atoms with Crippen LogP contribution in [0.15, 0.2) is 29.2 Å². The van der Waals surface area contributed by atoms with Crippen molar-refractivity contribution in [2.24, 2.45) is 0 Å². The van der Waals surface area contributed by atoms with Gasteiger partial charge in [0.15, 0.2) is 0 Å². The van der Waals surface area contributed by atoms with E-state index in [1.54, 1.807) is 11.8 Å². The molecule has 2 N–H and O–H groups in total. The minimum absolute atomic E-state index is 0. The normalized spacial score (nSPS) is 21.3. The van der Waals surface area contributed by atoms with Crippen molar-refractivity contribution in [2.45, 2.75) is 43.2 Å². The summed E-state index contributed by atoms with van der Waals surface area (Å²) < 4.78 is 0. The number of hydrogen-bond acceptors (Lipinski definition) is 3. The molecule has 1 fully saturated rings. The van der Waals surface area contributed by atoms with E-state index in [0.29, 0.717) is 6.54 Å². The van der Waals surface area contributed by atoms with Crippen LogP contribution in [-0.4, -0.2) is 24.2 Å². The van der Waals surface area contributed by atoms with Gasteiger partial charge >= 0.3 is 0 Å². The van der Waals surface area contributed by atoms with Crippen LogP contribution < -0.4 is 10.6 Å². The average Bonchev–Trinajstić information content (AvgIpc) is 2.95. The highest BCUT2D eigenvalue weighted by atomic mass is 35.5. The fraction of sp³-hybridized carbons (Fsp3) is 0.533. The lowest BCUT2D eigenvalue weighted by molar-refractivity contribution is -0.127. The molecule has 0 aliphatic carbocycles. The van der Waals surface area contributed by atoms with Crippen LogP contribution in [-0.2, 0) is 11.3 Å². The van der Waals surface area contributed by atoms with Crippen molar-refractivity contribution in [3.63, 3.8) is 0 Å². The highest BCUT2D eigenvalue weighted by Crippen LogP contribution is 2.23. The van der Waals surface area contributed by atoms with Gasteiger partial charge in [0, 0.05) is 11.4 Å². The molecule has 1 aromatic carbocycles. The van der Waals surface area contributed by atoms with Gasteiger partial charge in [-0.25, -0.2) is 0 Å². The molecule has 1 aliphatic rings. The third-order valence-corrected chi connectivity index (χ3v) is 4.64. The van der Waals surface area contributed by atoms with Gasteiger partial charge in [-0.15, -0.1) is 24.2 Å². The molecule has 1 saturated heterocycles. The summed E-state index contributed by atoms with van der Waals surface area (Å²) in [6.07, 6.45) is 4.95. The highest BCUT2D eigenvalue weighted by Gasteiger charge is 2.38. The standard InChI is InChI=1S/C15H22N2OS.ClH/c1-3-15(9-4-10-17-15)14(18)16-11-12-5-7-13(19-2)8-6-12;/h5-8,17H,3-4,9-11H2,1-2H3,(H,16,18);1H. The smallest absolute Gasteiger partial charge is 0.240 e. The molecule has 0 spiro atoms. The second-order valence-corrected chi connectivity index (χ2v) is 5.88. The molecule has 20 heavy (non-hydrogen) atoms. The first kappa shape index (κ1) is 17.3. The Bertz CT molecular complexity index is 430. The lowest BCUT2D eigenvalue weighted by atomic mass is 9.93. The molecular weight excluding hydrogens is 292 g/mol. The minimum Gasteiger partial charge on any atom is -0.350 e. The van der Waals surface area contributed by atoms with E-state index in [1.165, 1.54) is 4.90 Å². The first-order valence-electron chi connectivity index (χ1n) is 6.86. The van der Waals surface area contributed by atoms with Crippen molar-refractivity contribution in [3.8, 4) is 0 Å². The Morgan fingerprint density at radius 2 is 2.10 bits per heavy atom. The van der Waals surface area contributed by atoms with Crippen LogP contribution in [0.25, 0.3) is 0 Å². The van der Waals surface area contributed by atoms with E-state index in [4.69, 9.17) is 0 Å². The van der Waals surface area contributed by atoms with Gasteiger partial charge < -0.3 is 10.6 Å². The molecule has 1 unspecified atom stereocenters. The summed E-state index contributed by atoms with van der Waals surface area (Å²) in [5.74, 6) is 0.140. The average molecular weight is 315 g/mol. The monoisotopic (exact) mass is 314 g/mol. The number of halogens is 1. The summed E-state index contributed by atoms with van der Waals surface area (Å²) in [5, 5.41) is 6.42. The molecule has 1 amide bonds. The molecule has 0 aromatic heterocycles. The number of carbonyl (C=O) groups is 1. The van der Waals surface area contributed by atoms with Crippen LogP contribution in [0.3, 0.4) is 0 Å². The Morgan fingerprint density at radius 3 is 2.60 bits per heavy atom. The zero-order valence-electron chi connectivity index (χ0n) is 12.1. The Morgan fingerprint density at radius 1 is 1.40 bits per heavy atom. The van der Waals surface area contributed by atoms with E-state index in [0.717, 1.165) is 31.4 Å². The number of hydrogen-bond donors (Lipinski definition) is 2. The molecule has 112 valence electrons. The van der Waals surface area contributed by atoms with Crippen LogP contribution in [0, 0.1) is 0 Å². The first-order chi connectivity index (χ1) is 9.20. The predicted molar refractivity (Wildman–Crippen MR) is 87.6 cm³/mol. The summed E-state index contributed by atoms with van der Waals surface area (Å²) in [5.41, 5.74) is 0.814. The fourth-order valence-electron chi connectivity index (χ4n) is 2.56. The largest absolute Gasteiger partial charge is 0.350 e. The molecule has 0 saturated carbocycles. The Balaban J connectivity index is 0.00000200. The van der Waals surface area contributed by atoms with E-state index in [2.05, 4.69) is 48.1 Å². The van der Waals surface area contributed by atoms with Crippen molar-refractivity contribution < 1.29 is 4.79 Å². The number of rotatable bonds is 5. The summed E-state index contributed by atoms with van der Waals surface area (Å²) in [7, 11) is 0. The SMILES string of the molecule is CCC1(C(=O)NCc2ccc(SC)cc2)CCCN1.Cl. The van der Waals surface area contributed by atoms with Gasteiger partial charge in [0.25, 0.3) is 0 Å². The van der Waals surface area contributed by atoms with Crippen LogP contribution in [0.5, 0.6) is 0 Å². The maximum Gasteiger partial charge on any atom is 0.240 e. The van der Waals surface area contributed by atoms with E-state index < -0.39 is 0 Å². The van der Waals surface area contributed by atoms with Gasteiger partial charge in [-0.3, -0.25) is 4.79 Å². The lowest BCUT2D eigenvalue weighted by Crippen LogP contribution is -2.52. The van der Waals surface area contributed by atoms with E-state index in [-0.39, 0.29) is 23.9 Å². The maximum atomic E-state index is 12.3. The zero-order chi connectivity index (χ0) is 13.7. The number of nitrogens with one attached hydrogen (secondary N) is 2. The summed E-state index contributed by atoms with van der Waals surface area (Å²) in [6.45, 7) is 3.63. The van der Waals surface area contributed by atoms with Crippen LogP contribution in [0.2, 0.25) is 0 Å². The van der Waals surface area contributed by atoms with Crippen molar-refractivity contribution in [2.75, 3.05) is 12.8 Å². The van der Waals surface area contributed by atoms with Crippen molar-refractivity contribution >= 4 is 30.1 Å². The molecule has 3 nitrogen and oxygen atoms in total. The third kappa shape index (κ3) is 3.90. The Hall–Kier alpha value is -0.710. The number of benzene rings is 1. The van der Waals surface area contributed by atoms with Crippen LogP contribution >= 0.6 is 24.2 Å². The quantitative estimate of drug-likeness (QED) is 0.821. The highest BCUT2D eigenvalue weighted by molar-refractivity contribution is 7.98. The fourth-order valence-corrected chi connectivity index (χ4v) is 2.97. The van der Waals surface area contributed by atoms with Gasteiger partial charge in [-0.1, -0.05) is 19.1 Å². The second kappa shape index (κ2) is 7.91. The van der Waals surface area contributed by atoms with E-state index >= 15 is 0 Å². The zero-order valence-corrected chi connectivity index (χ0v) is 13.7. The topological polar surface area (TPSA) is 41.1 Å².